The predicted molar refractivity (Wildman–Crippen MR) is 170 cm³/mol. The third kappa shape index (κ3) is 9.07. The van der Waals surface area contributed by atoms with Gasteiger partial charge in [0, 0.05) is 23.9 Å². The van der Waals surface area contributed by atoms with Crippen molar-refractivity contribution < 1.29 is 38.5 Å². The monoisotopic (exact) mass is 623 g/mol. The minimum atomic E-state index is -1.06. The summed E-state index contributed by atoms with van der Waals surface area (Å²) >= 11 is 0. The Morgan fingerprint density at radius 1 is 0.822 bits per heavy atom. The van der Waals surface area contributed by atoms with E-state index >= 15 is 0 Å². The lowest BCUT2D eigenvalue weighted by atomic mass is 9.72. The fourth-order valence-electron chi connectivity index (χ4n) is 6.85. The maximum atomic E-state index is 12.9. The van der Waals surface area contributed by atoms with Gasteiger partial charge in [0.25, 0.3) is 0 Å². The molecule has 2 aromatic carbocycles. The first-order valence-corrected chi connectivity index (χ1v) is 15.9. The molecule has 1 saturated heterocycles. The molecule has 1 aliphatic heterocycles. The van der Waals surface area contributed by atoms with E-state index in [4.69, 9.17) is 24.2 Å². The van der Waals surface area contributed by atoms with Crippen LogP contribution in [0.1, 0.15) is 119 Å². The lowest BCUT2D eigenvalue weighted by Crippen LogP contribution is -2.62. The lowest BCUT2D eigenvalue weighted by molar-refractivity contribution is -0.320. The van der Waals surface area contributed by atoms with Crippen molar-refractivity contribution in [2.75, 3.05) is 6.61 Å². The summed E-state index contributed by atoms with van der Waals surface area (Å²) < 4.78 is 17.3. The molecule has 1 unspecified atom stereocenters. The normalized spacial score (nSPS) is 22.6. The Labute approximate surface area is 267 Å². The van der Waals surface area contributed by atoms with E-state index in [1.165, 1.54) is 24.3 Å². The molecular formula is C36H49NO8. The number of carboxylic acids is 1. The van der Waals surface area contributed by atoms with Crippen LogP contribution in [0.4, 0.5) is 4.79 Å². The number of carbonyl (C=O) groups excluding carboxylic acids is 2. The van der Waals surface area contributed by atoms with Crippen molar-refractivity contribution in [2.45, 2.75) is 116 Å². The SMILES string of the molecule is CC(C)(C)C1CCC(OC(=O)OCC(ON2C(C)(C)CC(OC(=O)c3ccc(C(=O)O)cc3)CC2(C)C)c2ccccc2)CC1. The van der Waals surface area contributed by atoms with E-state index in [-0.39, 0.29) is 23.7 Å². The van der Waals surface area contributed by atoms with E-state index in [1.807, 2.05) is 63.1 Å². The van der Waals surface area contributed by atoms with E-state index in [0.717, 1.165) is 31.2 Å². The quantitative estimate of drug-likeness (QED) is 0.278. The summed E-state index contributed by atoms with van der Waals surface area (Å²) in [7, 11) is 0. The predicted octanol–water partition coefficient (Wildman–Crippen LogP) is 7.99. The molecule has 2 aliphatic rings. The van der Waals surface area contributed by atoms with Gasteiger partial charge in [-0.15, -0.1) is 0 Å². The summed E-state index contributed by atoms with van der Waals surface area (Å²) in [6.45, 7) is 14.9. The number of esters is 1. The molecule has 9 nitrogen and oxygen atoms in total. The van der Waals surface area contributed by atoms with Crippen LogP contribution in [0.25, 0.3) is 0 Å². The van der Waals surface area contributed by atoms with Crippen LogP contribution in [0, 0.1) is 11.3 Å². The van der Waals surface area contributed by atoms with E-state index in [2.05, 4.69) is 20.8 Å². The van der Waals surface area contributed by atoms with Gasteiger partial charge >= 0.3 is 18.1 Å². The van der Waals surface area contributed by atoms with Gasteiger partial charge in [0.2, 0.25) is 0 Å². The summed E-state index contributed by atoms with van der Waals surface area (Å²) in [6, 6.07) is 15.4. The molecule has 0 radical (unpaired) electrons. The fourth-order valence-corrected chi connectivity index (χ4v) is 6.85. The highest BCUT2D eigenvalue weighted by Crippen LogP contribution is 2.42. The van der Waals surface area contributed by atoms with Crippen LogP contribution in [0.3, 0.4) is 0 Å². The van der Waals surface area contributed by atoms with Crippen LogP contribution in [-0.2, 0) is 19.0 Å². The molecule has 0 bridgehead atoms. The minimum absolute atomic E-state index is 0.0202. The highest BCUT2D eigenvalue weighted by Gasteiger charge is 2.49. The van der Waals surface area contributed by atoms with Crippen LogP contribution in [0.2, 0.25) is 0 Å². The molecule has 0 aromatic heterocycles. The molecular weight excluding hydrogens is 574 g/mol. The highest BCUT2D eigenvalue weighted by atomic mass is 16.7. The smallest absolute Gasteiger partial charge is 0.478 e. The molecule has 2 aromatic rings. The maximum Gasteiger partial charge on any atom is 0.508 e. The molecule has 1 heterocycles. The lowest BCUT2D eigenvalue weighted by Gasteiger charge is -2.54. The van der Waals surface area contributed by atoms with Crippen molar-refractivity contribution in [1.82, 2.24) is 5.06 Å². The van der Waals surface area contributed by atoms with Gasteiger partial charge in [-0.1, -0.05) is 51.1 Å². The molecule has 2 fully saturated rings. The first-order chi connectivity index (χ1) is 21.0. The molecule has 1 saturated carbocycles. The Kier molecular flexibility index (Phi) is 10.6. The third-order valence-electron chi connectivity index (χ3n) is 9.11. The number of benzene rings is 2. The highest BCUT2D eigenvalue weighted by molar-refractivity contribution is 5.92. The Hall–Kier alpha value is -3.43. The van der Waals surface area contributed by atoms with Crippen molar-refractivity contribution in [3.05, 3.63) is 71.3 Å². The van der Waals surface area contributed by atoms with Crippen LogP contribution in [0.5, 0.6) is 0 Å². The second-order valence-corrected chi connectivity index (χ2v) is 14.8. The average Bonchev–Trinajstić information content (AvgIpc) is 2.96. The number of rotatable bonds is 9. The number of hydrogen-bond acceptors (Lipinski definition) is 8. The Morgan fingerprint density at radius 2 is 1.38 bits per heavy atom. The summed E-state index contributed by atoms with van der Waals surface area (Å²) in [4.78, 5) is 43.6. The maximum absolute atomic E-state index is 12.9. The molecule has 0 amide bonds. The molecule has 1 aliphatic carbocycles. The van der Waals surface area contributed by atoms with E-state index < -0.39 is 41.4 Å². The number of ether oxygens (including phenoxy) is 3. The van der Waals surface area contributed by atoms with E-state index in [9.17, 15) is 14.4 Å². The van der Waals surface area contributed by atoms with Crippen LogP contribution < -0.4 is 0 Å². The number of hydroxylamine groups is 2. The van der Waals surface area contributed by atoms with Crippen molar-refractivity contribution in [1.29, 1.82) is 0 Å². The zero-order valence-electron chi connectivity index (χ0n) is 27.7. The topological polar surface area (TPSA) is 112 Å². The molecule has 9 heteroatoms. The van der Waals surface area contributed by atoms with Gasteiger partial charge in [-0.25, -0.2) is 14.4 Å². The number of carboxylic acid groups (broad SMARTS) is 1. The molecule has 1 atom stereocenters. The number of piperidine rings is 1. The van der Waals surface area contributed by atoms with Gasteiger partial charge in [0.1, 0.15) is 24.9 Å². The largest absolute Gasteiger partial charge is 0.508 e. The van der Waals surface area contributed by atoms with Crippen LogP contribution in [0.15, 0.2) is 54.6 Å². The zero-order chi connectivity index (χ0) is 33.0. The second-order valence-electron chi connectivity index (χ2n) is 14.8. The van der Waals surface area contributed by atoms with Crippen molar-refractivity contribution >= 4 is 18.1 Å². The third-order valence-corrected chi connectivity index (χ3v) is 9.11. The van der Waals surface area contributed by atoms with E-state index in [0.29, 0.717) is 24.3 Å². The average molecular weight is 624 g/mol. The van der Waals surface area contributed by atoms with Gasteiger partial charge in [0.05, 0.1) is 11.1 Å². The number of carbonyl (C=O) groups is 3. The zero-order valence-corrected chi connectivity index (χ0v) is 27.7. The van der Waals surface area contributed by atoms with Gasteiger partial charge in [-0.2, -0.15) is 5.06 Å². The van der Waals surface area contributed by atoms with Gasteiger partial charge in [0.15, 0.2) is 0 Å². The summed E-state index contributed by atoms with van der Waals surface area (Å²) in [5.41, 5.74) is 0.399. The summed E-state index contributed by atoms with van der Waals surface area (Å²) in [5, 5.41) is 11.1. The van der Waals surface area contributed by atoms with Crippen molar-refractivity contribution in [3.8, 4) is 0 Å². The van der Waals surface area contributed by atoms with Gasteiger partial charge in [-0.05, 0) is 94.5 Å². The van der Waals surface area contributed by atoms with E-state index in [1.54, 1.807) is 0 Å². The molecule has 0 spiro atoms. The van der Waals surface area contributed by atoms with Gasteiger partial charge in [-0.3, -0.25) is 4.84 Å². The summed E-state index contributed by atoms with van der Waals surface area (Å²) in [6.07, 6.45) is 2.94. The first kappa shape index (κ1) is 34.4. The molecule has 246 valence electrons. The number of nitrogens with zero attached hydrogens (tertiary/aromatic N) is 1. The van der Waals surface area contributed by atoms with Gasteiger partial charge < -0.3 is 19.3 Å². The van der Waals surface area contributed by atoms with Crippen LogP contribution >= 0.6 is 0 Å². The second kappa shape index (κ2) is 13.9. The van der Waals surface area contributed by atoms with Crippen molar-refractivity contribution in [3.63, 3.8) is 0 Å². The number of aromatic carboxylic acids is 1. The number of hydrogen-bond donors (Lipinski definition) is 1. The molecule has 4 rings (SSSR count). The Balaban J connectivity index is 1.39. The van der Waals surface area contributed by atoms with Crippen LogP contribution in [-0.4, -0.2) is 58.2 Å². The Bertz CT molecular complexity index is 1290. The standard InChI is InChI=1S/C36H49NO8/c1-34(2,3)27-17-19-28(20-18-27)44-33(41)42-23-30(24-11-9-8-10-12-24)45-37-35(4,5)21-29(22-36(37,6)7)43-32(40)26-15-13-25(14-16-26)31(38)39/h8-16,27-30H,17-23H2,1-7H3,(H,38,39). The minimum Gasteiger partial charge on any atom is -0.478 e. The van der Waals surface area contributed by atoms with Crippen molar-refractivity contribution in [2.24, 2.45) is 11.3 Å². The fraction of sp³-hybridized carbons (Fsp3) is 0.583. The molecule has 45 heavy (non-hydrogen) atoms. The molecule has 1 N–H and O–H groups in total. The summed E-state index contributed by atoms with van der Waals surface area (Å²) in [5.74, 6) is -0.937. The Morgan fingerprint density at radius 3 is 1.91 bits per heavy atom. The first-order valence-electron chi connectivity index (χ1n) is 15.9.